The van der Waals surface area contributed by atoms with Crippen LogP contribution in [0.4, 0.5) is 4.39 Å². The second kappa shape index (κ2) is 9.86. The Bertz CT molecular complexity index is 1470. The summed E-state index contributed by atoms with van der Waals surface area (Å²) >= 11 is 3.24. The van der Waals surface area contributed by atoms with E-state index in [4.69, 9.17) is 9.98 Å². The summed E-state index contributed by atoms with van der Waals surface area (Å²) in [4.78, 5) is 9.70. The number of amidine groups is 1. The Hall–Kier alpha value is -3.37. The van der Waals surface area contributed by atoms with Crippen LogP contribution in [0.3, 0.4) is 0 Å². The summed E-state index contributed by atoms with van der Waals surface area (Å²) in [6.45, 7) is 2.44. The van der Waals surface area contributed by atoms with Crippen LogP contribution in [-0.4, -0.2) is 11.5 Å². The van der Waals surface area contributed by atoms with Crippen LogP contribution in [0.15, 0.2) is 99.4 Å². The first-order valence-corrected chi connectivity index (χ1v) is 12.2. The molecule has 4 aromatic carbocycles. The molecule has 0 spiro atoms. The van der Waals surface area contributed by atoms with E-state index in [9.17, 15) is 4.39 Å². The molecule has 0 N–H and O–H groups in total. The second-order valence-corrected chi connectivity index (χ2v) is 9.36. The molecule has 1 aliphatic rings. The number of fused-ring (bicyclic) bond motifs is 2. The van der Waals surface area contributed by atoms with Gasteiger partial charge in [-0.15, -0.1) is 0 Å². The Kier molecular flexibility index (Phi) is 6.50. The lowest BCUT2D eigenvalue weighted by molar-refractivity contribution is 0.621. The summed E-state index contributed by atoms with van der Waals surface area (Å²) in [6, 6.07) is 26.1. The number of halogens is 2. The molecular formula is C30H24BrFN2. The van der Waals surface area contributed by atoms with E-state index in [0.29, 0.717) is 22.4 Å². The van der Waals surface area contributed by atoms with Crippen molar-refractivity contribution >= 4 is 44.3 Å². The maximum absolute atomic E-state index is 14.4. The fourth-order valence-corrected chi connectivity index (χ4v) is 4.45. The summed E-state index contributed by atoms with van der Waals surface area (Å²) in [5, 5.41) is 2.37. The number of nitrogens with zero attached hydrogens (tertiary/aromatic N) is 2. The van der Waals surface area contributed by atoms with E-state index in [1.54, 1.807) is 6.07 Å². The summed E-state index contributed by atoms with van der Waals surface area (Å²) < 4.78 is 14.8. The standard InChI is InChI=1S/C30H24BrFN2/c1-20(24-13-12-23-7-3-5-9-26(23)17-24)34-30(27-14-15-28(31)29(32)18-27)33-19-21-10-11-22-6-2-4-8-25(22)16-21/h2,4-6,8-18H,3,7,19H2,1H3. The van der Waals surface area contributed by atoms with E-state index in [1.165, 1.54) is 28.0 Å². The molecule has 34 heavy (non-hydrogen) atoms. The molecule has 0 aromatic heterocycles. The number of benzene rings is 4. The third kappa shape index (κ3) is 4.92. The lowest BCUT2D eigenvalue weighted by atomic mass is 9.94. The van der Waals surface area contributed by atoms with Crippen LogP contribution in [0.5, 0.6) is 0 Å². The van der Waals surface area contributed by atoms with Crippen molar-refractivity contribution in [3.05, 3.63) is 123 Å². The third-order valence-corrected chi connectivity index (χ3v) is 6.76. The van der Waals surface area contributed by atoms with Crippen LogP contribution in [0.25, 0.3) is 16.8 Å². The van der Waals surface area contributed by atoms with Crippen molar-refractivity contribution in [3.8, 4) is 0 Å². The lowest BCUT2D eigenvalue weighted by Gasteiger charge is -2.12. The van der Waals surface area contributed by atoms with Gasteiger partial charge in [0.05, 0.1) is 11.0 Å². The van der Waals surface area contributed by atoms with E-state index in [0.717, 1.165) is 29.7 Å². The first-order valence-electron chi connectivity index (χ1n) is 11.4. The van der Waals surface area contributed by atoms with E-state index in [2.05, 4.69) is 76.6 Å². The van der Waals surface area contributed by atoms with Gasteiger partial charge in [0.2, 0.25) is 0 Å². The number of rotatable bonds is 4. The molecule has 168 valence electrons. The first-order chi connectivity index (χ1) is 16.6. The zero-order valence-electron chi connectivity index (χ0n) is 18.9. The smallest absolute Gasteiger partial charge is 0.155 e. The Balaban J connectivity index is 1.52. The zero-order valence-corrected chi connectivity index (χ0v) is 20.5. The number of aliphatic imine (C=N–C) groups is 2. The summed E-state index contributed by atoms with van der Waals surface area (Å²) in [5.41, 5.74) is 6.23. The van der Waals surface area contributed by atoms with Crippen molar-refractivity contribution in [1.29, 1.82) is 0 Å². The molecule has 5 rings (SSSR count). The van der Waals surface area contributed by atoms with Crippen molar-refractivity contribution in [2.75, 3.05) is 0 Å². The Morgan fingerprint density at radius 1 is 0.912 bits per heavy atom. The molecule has 0 aliphatic heterocycles. The highest BCUT2D eigenvalue weighted by molar-refractivity contribution is 9.10. The molecule has 4 heteroatoms. The predicted molar refractivity (Wildman–Crippen MR) is 144 cm³/mol. The van der Waals surface area contributed by atoms with Gasteiger partial charge in [0.15, 0.2) is 5.84 Å². The van der Waals surface area contributed by atoms with Gasteiger partial charge in [0, 0.05) is 11.3 Å². The fourth-order valence-electron chi connectivity index (χ4n) is 4.21. The summed E-state index contributed by atoms with van der Waals surface area (Å²) in [7, 11) is 0. The normalized spacial score (nSPS) is 13.9. The fraction of sp³-hybridized carbons (Fsp3) is 0.133. The zero-order chi connectivity index (χ0) is 23.5. The Morgan fingerprint density at radius 3 is 2.59 bits per heavy atom. The molecule has 0 unspecified atom stereocenters. The number of allylic oxidation sites excluding steroid dienone is 1. The van der Waals surface area contributed by atoms with E-state index < -0.39 is 0 Å². The molecule has 2 nitrogen and oxygen atoms in total. The monoisotopic (exact) mass is 510 g/mol. The van der Waals surface area contributed by atoms with Gasteiger partial charge in [-0.05, 0) is 99.1 Å². The van der Waals surface area contributed by atoms with Gasteiger partial charge in [0.1, 0.15) is 5.82 Å². The van der Waals surface area contributed by atoms with Crippen molar-refractivity contribution < 1.29 is 4.39 Å². The lowest BCUT2D eigenvalue weighted by Crippen LogP contribution is -2.06. The minimum absolute atomic E-state index is 0.331. The van der Waals surface area contributed by atoms with Gasteiger partial charge >= 0.3 is 0 Å². The Morgan fingerprint density at radius 2 is 1.74 bits per heavy atom. The quantitative estimate of drug-likeness (QED) is 0.195. The van der Waals surface area contributed by atoms with Gasteiger partial charge in [-0.2, -0.15) is 0 Å². The summed E-state index contributed by atoms with van der Waals surface area (Å²) in [6.07, 6.45) is 6.53. The van der Waals surface area contributed by atoms with Crippen molar-refractivity contribution in [1.82, 2.24) is 0 Å². The van der Waals surface area contributed by atoms with Gasteiger partial charge in [-0.25, -0.2) is 9.38 Å². The van der Waals surface area contributed by atoms with Crippen molar-refractivity contribution in [2.24, 2.45) is 9.98 Å². The van der Waals surface area contributed by atoms with Gasteiger partial charge < -0.3 is 0 Å². The van der Waals surface area contributed by atoms with Crippen LogP contribution in [0.2, 0.25) is 0 Å². The summed E-state index contributed by atoms with van der Waals surface area (Å²) in [5.74, 6) is 0.188. The Labute approximate surface area is 207 Å². The van der Waals surface area contributed by atoms with E-state index in [-0.39, 0.29) is 5.82 Å². The molecule has 0 bridgehead atoms. The maximum atomic E-state index is 14.4. The average molecular weight is 511 g/mol. The van der Waals surface area contributed by atoms with E-state index in [1.807, 2.05) is 25.1 Å². The molecule has 0 amide bonds. The molecule has 0 saturated carbocycles. The largest absolute Gasteiger partial charge is 0.261 e. The van der Waals surface area contributed by atoms with E-state index >= 15 is 0 Å². The molecule has 1 aliphatic carbocycles. The number of hydrogen-bond donors (Lipinski definition) is 0. The van der Waals surface area contributed by atoms with Crippen LogP contribution in [0.1, 0.15) is 41.2 Å². The van der Waals surface area contributed by atoms with Crippen LogP contribution in [-0.2, 0) is 13.0 Å². The minimum atomic E-state index is -0.331. The molecule has 0 heterocycles. The SMILES string of the molecule is CC(=NC(=NCc1ccc2ccccc2c1)c1ccc(Br)c(F)c1)c1ccc2c(c1)C=CCC2. The highest BCUT2D eigenvalue weighted by Gasteiger charge is 2.10. The maximum Gasteiger partial charge on any atom is 0.155 e. The minimum Gasteiger partial charge on any atom is -0.261 e. The molecule has 0 radical (unpaired) electrons. The highest BCUT2D eigenvalue weighted by atomic mass is 79.9. The van der Waals surface area contributed by atoms with Gasteiger partial charge in [-0.3, -0.25) is 4.99 Å². The van der Waals surface area contributed by atoms with Gasteiger partial charge in [0.25, 0.3) is 0 Å². The second-order valence-electron chi connectivity index (χ2n) is 8.50. The van der Waals surface area contributed by atoms with Crippen LogP contribution in [0, 0.1) is 5.82 Å². The van der Waals surface area contributed by atoms with Crippen LogP contribution < -0.4 is 0 Å². The predicted octanol–water partition coefficient (Wildman–Crippen LogP) is 8.16. The molecule has 0 fully saturated rings. The average Bonchev–Trinajstić information content (AvgIpc) is 2.87. The van der Waals surface area contributed by atoms with Crippen molar-refractivity contribution in [3.63, 3.8) is 0 Å². The topological polar surface area (TPSA) is 24.7 Å². The molecule has 0 saturated heterocycles. The third-order valence-electron chi connectivity index (χ3n) is 6.12. The number of hydrogen-bond acceptors (Lipinski definition) is 1. The van der Waals surface area contributed by atoms with Crippen molar-refractivity contribution in [2.45, 2.75) is 26.3 Å². The van der Waals surface area contributed by atoms with Crippen LogP contribution >= 0.6 is 15.9 Å². The van der Waals surface area contributed by atoms with Gasteiger partial charge in [-0.1, -0.05) is 60.7 Å². The molecule has 4 aromatic rings. The highest BCUT2D eigenvalue weighted by Crippen LogP contribution is 2.22. The molecule has 0 atom stereocenters. The molecular weight excluding hydrogens is 487 g/mol. The first kappa shape index (κ1) is 22.4. The number of aryl methyl sites for hydroxylation is 1.